The number of alkyl halides is 1. The molecule has 2 heteroatoms. The van der Waals surface area contributed by atoms with Gasteiger partial charge in [-0.1, -0.05) is 63.4 Å². The van der Waals surface area contributed by atoms with Crippen LogP contribution in [0.5, 0.6) is 0 Å². The Hall–Kier alpha value is 0.180. The van der Waals surface area contributed by atoms with Crippen molar-refractivity contribution in [3.63, 3.8) is 0 Å². The van der Waals surface area contributed by atoms with Crippen LogP contribution < -0.4 is 0 Å². The van der Waals surface area contributed by atoms with Crippen molar-refractivity contribution in [2.75, 3.05) is 0 Å². The molecule has 0 aliphatic carbocycles. The van der Waals surface area contributed by atoms with Gasteiger partial charge in [-0.05, 0) is 23.5 Å². The van der Waals surface area contributed by atoms with Gasteiger partial charge < -0.3 is 0 Å². The second-order valence-corrected chi connectivity index (χ2v) is 7.53. The molecule has 1 heterocycles. The van der Waals surface area contributed by atoms with E-state index >= 15 is 0 Å². The standard InChI is InChI=1S/C14H23BrS/c1-6-10(7-2)13(15)11-8-9-12(16-11)14(3,4)5/h8-10,13H,6-7H2,1-5H3. The number of halogens is 1. The Balaban J connectivity index is 2.85. The SMILES string of the molecule is CCC(CC)C(Br)c1ccc(C(C)(C)C)s1. The van der Waals surface area contributed by atoms with Gasteiger partial charge in [-0.2, -0.15) is 0 Å². The van der Waals surface area contributed by atoms with E-state index in [9.17, 15) is 0 Å². The minimum Gasteiger partial charge on any atom is -0.144 e. The molecule has 0 spiro atoms. The van der Waals surface area contributed by atoms with Crippen molar-refractivity contribution < 1.29 is 0 Å². The lowest BCUT2D eigenvalue weighted by molar-refractivity contribution is 0.490. The van der Waals surface area contributed by atoms with Crippen LogP contribution in [-0.2, 0) is 5.41 Å². The first-order valence-corrected chi connectivity index (χ1v) is 7.87. The minimum atomic E-state index is 0.281. The van der Waals surface area contributed by atoms with Crippen LogP contribution in [0.2, 0.25) is 0 Å². The fourth-order valence-electron chi connectivity index (χ4n) is 1.84. The van der Waals surface area contributed by atoms with Gasteiger partial charge in [0.1, 0.15) is 0 Å². The molecule has 1 unspecified atom stereocenters. The van der Waals surface area contributed by atoms with Gasteiger partial charge in [0.15, 0.2) is 0 Å². The van der Waals surface area contributed by atoms with E-state index in [1.807, 2.05) is 11.3 Å². The monoisotopic (exact) mass is 302 g/mol. The average Bonchev–Trinajstić information content (AvgIpc) is 2.67. The Morgan fingerprint density at radius 2 is 1.75 bits per heavy atom. The summed E-state index contributed by atoms with van der Waals surface area (Å²) in [5, 5.41) is 0. The maximum Gasteiger partial charge on any atom is 0.0517 e. The molecule has 0 bridgehead atoms. The van der Waals surface area contributed by atoms with Gasteiger partial charge in [-0.15, -0.1) is 11.3 Å². The zero-order valence-electron chi connectivity index (χ0n) is 11.0. The zero-order valence-corrected chi connectivity index (χ0v) is 13.4. The molecular formula is C14H23BrS. The van der Waals surface area contributed by atoms with Crippen molar-refractivity contribution in [3.8, 4) is 0 Å². The highest BCUT2D eigenvalue weighted by molar-refractivity contribution is 9.09. The Labute approximate surface area is 113 Å². The van der Waals surface area contributed by atoms with E-state index in [1.165, 1.54) is 22.6 Å². The molecule has 92 valence electrons. The van der Waals surface area contributed by atoms with Gasteiger partial charge in [0.25, 0.3) is 0 Å². The summed E-state index contributed by atoms with van der Waals surface area (Å²) in [6.45, 7) is 11.4. The quantitative estimate of drug-likeness (QED) is 0.606. The molecule has 0 saturated heterocycles. The van der Waals surface area contributed by atoms with Crippen LogP contribution in [0.25, 0.3) is 0 Å². The van der Waals surface area contributed by atoms with Crippen molar-refractivity contribution in [1.82, 2.24) is 0 Å². The fourth-order valence-corrected chi connectivity index (χ4v) is 4.16. The highest BCUT2D eigenvalue weighted by atomic mass is 79.9. The third-order valence-electron chi connectivity index (χ3n) is 3.10. The Bertz CT molecular complexity index is 318. The molecular weight excluding hydrogens is 280 g/mol. The summed E-state index contributed by atoms with van der Waals surface area (Å²) < 4.78 is 0. The summed E-state index contributed by atoms with van der Waals surface area (Å²) in [4.78, 5) is 3.50. The first-order valence-electron chi connectivity index (χ1n) is 6.14. The lowest BCUT2D eigenvalue weighted by Crippen LogP contribution is -2.08. The second kappa shape index (κ2) is 5.68. The molecule has 0 radical (unpaired) electrons. The summed E-state index contributed by atoms with van der Waals surface area (Å²) >= 11 is 5.82. The molecule has 0 aliphatic heterocycles. The molecule has 0 N–H and O–H groups in total. The third-order valence-corrected chi connectivity index (χ3v) is 6.24. The smallest absolute Gasteiger partial charge is 0.0517 e. The lowest BCUT2D eigenvalue weighted by atomic mass is 9.94. The van der Waals surface area contributed by atoms with Crippen LogP contribution in [0.1, 0.15) is 62.0 Å². The van der Waals surface area contributed by atoms with Gasteiger partial charge in [-0.25, -0.2) is 0 Å². The van der Waals surface area contributed by atoms with Gasteiger partial charge in [-0.3, -0.25) is 0 Å². The highest BCUT2D eigenvalue weighted by Crippen LogP contribution is 2.41. The average molecular weight is 303 g/mol. The van der Waals surface area contributed by atoms with E-state index in [0.29, 0.717) is 4.83 Å². The molecule has 1 aromatic heterocycles. The van der Waals surface area contributed by atoms with E-state index in [0.717, 1.165) is 5.92 Å². The molecule has 0 fully saturated rings. The predicted molar refractivity (Wildman–Crippen MR) is 78.8 cm³/mol. The van der Waals surface area contributed by atoms with Crippen LogP contribution in [0.3, 0.4) is 0 Å². The topological polar surface area (TPSA) is 0 Å². The number of rotatable bonds is 4. The van der Waals surface area contributed by atoms with Crippen LogP contribution in [0.4, 0.5) is 0 Å². The highest BCUT2D eigenvalue weighted by Gasteiger charge is 2.22. The Kier molecular flexibility index (Phi) is 5.06. The Morgan fingerprint density at radius 3 is 2.12 bits per heavy atom. The summed E-state index contributed by atoms with van der Waals surface area (Å²) in [6.07, 6.45) is 2.49. The molecule has 0 saturated carbocycles. The van der Waals surface area contributed by atoms with Crippen molar-refractivity contribution in [1.29, 1.82) is 0 Å². The van der Waals surface area contributed by atoms with Crippen LogP contribution in [-0.4, -0.2) is 0 Å². The zero-order chi connectivity index (χ0) is 12.3. The summed E-state index contributed by atoms with van der Waals surface area (Å²) in [5.41, 5.74) is 0.281. The fraction of sp³-hybridized carbons (Fsp3) is 0.714. The van der Waals surface area contributed by atoms with E-state index in [1.54, 1.807) is 0 Å². The van der Waals surface area contributed by atoms with E-state index < -0.39 is 0 Å². The van der Waals surface area contributed by atoms with Gasteiger partial charge in [0, 0.05) is 9.75 Å². The first kappa shape index (κ1) is 14.2. The van der Waals surface area contributed by atoms with Crippen molar-refractivity contribution in [3.05, 3.63) is 21.9 Å². The molecule has 0 amide bonds. The van der Waals surface area contributed by atoms with E-state index in [2.05, 4.69) is 62.7 Å². The molecule has 0 aromatic carbocycles. The van der Waals surface area contributed by atoms with Gasteiger partial charge in [0.05, 0.1) is 4.83 Å². The first-order chi connectivity index (χ1) is 7.40. The number of hydrogen-bond donors (Lipinski definition) is 0. The normalized spacial score (nSPS) is 14.4. The number of hydrogen-bond acceptors (Lipinski definition) is 1. The van der Waals surface area contributed by atoms with E-state index in [4.69, 9.17) is 0 Å². The predicted octanol–water partition coefficient (Wildman–Crippen LogP) is 5.92. The van der Waals surface area contributed by atoms with Gasteiger partial charge in [0.2, 0.25) is 0 Å². The van der Waals surface area contributed by atoms with Crippen LogP contribution in [0, 0.1) is 5.92 Å². The summed E-state index contributed by atoms with van der Waals surface area (Å²) in [7, 11) is 0. The second-order valence-electron chi connectivity index (χ2n) is 5.43. The molecule has 1 aromatic rings. The third kappa shape index (κ3) is 3.33. The molecule has 1 atom stereocenters. The van der Waals surface area contributed by atoms with Crippen LogP contribution >= 0.6 is 27.3 Å². The molecule has 1 rings (SSSR count). The van der Waals surface area contributed by atoms with Crippen molar-refractivity contribution >= 4 is 27.3 Å². The Morgan fingerprint density at radius 1 is 1.19 bits per heavy atom. The summed E-state index contributed by atoms with van der Waals surface area (Å²) in [5.74, 6) is 0.756. The molecule has 0 aliphatic rings. The van der Waals surface area contributed by atoms with Crippen molar-refractivity contribution in [2.24, 2.45) is 5.92 Å². The molecule has 0 nitrogen and oxygen atoms in total. The van der Waals surface area contributed by atoms with E-state index in [-0.39, 0.29) is 5.41 Å². The minimum absolute atomic E-state index is 0.281. The lowest BCUT2D eigenvalue weighted by Gasteiger charge is -2.19. The van der Waals surface area contributed by atoms with Gasteiger partial charge >= 0.3 is 0 Å². The maximum absolute atomic E-state index is 3.86. The van der Waals surface area contributed by atoms with Crippen LogP contribution in [0.15, 0.2) is 12.1 Å². The molecule has 16 heavy (non-hydrogen) atoms. The maximum atomic E-state index is 3.86. The number of thiophene rings is 1. The summed E-state index contributed by atoms with van der Waals surface area (Å²) in [6, 6.07) is 4.58. The largest absolute Gasteiger partial charge is 0.144 e. The van der Waals surface area contributed by atoms with Crippen molar-refractivity contribution in [2.45, 2.75) is 57.7 Å².